The van der Waals surface area contributed by atoms with Gasteiger partial charge < -0.3 is 14.7 Å². The molecule has 2 aromatic rings. The molecule has 0 unspecified atom stereocenters. The van der Waals surface area contributed by atoms with E-state index in [9.17, 15) is 5.11 Å². The zero-order valence-electron chi connectivity index (χ0n) is 12.1. The van der Waals surface area contributed by atoms with Gasteiger partial charge in [-0.15, -0.1) is 0 Å². The minimum Gasteiger partial charge on any atom is -0.503 e. The fourth-order valence-electron chi connectivity index (χ4n) is 2.64. The van der Waals surface area contributed by atoms with Crippen molar-refractivity contribution >= 4 is 11.6 Å². The minimum atomic E-state index is -0.0243. The van der Waals surface area contributed by atoms with Crippen LogP contribution >= 0.6 is 11.6 Å². The molecule has 0 aliphatic carbocycles. The van der Waals surface area contributed by atoms with E-state index in [0.29, 0.717) is 12.4 Å². The van der Waals surface area contributed by atoms with Gasteiger partial charge in [-0.1, -0.05) is 11.6 Å². The molecule has 6 heteroatoms. The Morgan fingerprint density at radius 3 is 3.05 bits per heavy atom. The summed E-state index contributed by atoms with van der Waals surface area (Å²) in [4.78, 5) is 2.26. The zero-order chi connectivity index (χ0) is 15.0. The number of nitrogens with zero attached hydrogens (tertiary/aromatic N) is 2. The van der Waals surface area contributed by atoms with Crippen molar-refractivity contribution in [2.45, 2.75) is 19.9 Å². The topological polar surface area (TPSA) is 61.4 Å². The van der Waals surface area contributed by atoms with Crippen molar-refractivity contribution in [3.05, 3.63) is 28.4 Å². The van der Waals surface area contributed by atoms with E-state index in [1.165, 1.54) is 11.3 Å². The normalized spacial score (nSPS) is 15.0. The Bertz CT molecular complexity index is 669. The maximum Gasteiger partial charge on any atom is 0.176 e. The highest BCUT2D eigenvalue weighted by Gasteiger charge is 2.22. The molecular formula is C15H18ClN3O2. The number of benzene rings is 1. The second kappa shape index (κ2) is 5.58. The third kappa shape index (κ3) is 2.59. The Morgan fingerprint density at radius 1 is 1.48 bits per heavy atom. The highest BCUT2D eigenvalue weighted by atomic mass is 35.5. The van der Waals surface area contributed by atoms with Gasteiger partial charge in [0.1, 0.15) is 0 Å². The van der Waals surface area contributed by atoms with Gasteiger partial charge >= 0.3 is 0 Å². The quantitative estimate of drug-likeness (QED) is 0.915. The van der Waals surface area contributed by atoms with E-state index in [1.54, 1.807) is 12.1 Å². The molecule has 21 heavy (non-hydrogen) atoms. The number of phenols is 1. The molecule has 112 valence electrons. The van der Waals surface area contributed by atoms with Crippen molar-refractivity contribution in [2.75, 3.05) is 20.2 Å². The fourth-order valence-corrected chi connectivity index (χ4v) is 2.86. The average Bonchev–Trinajstić information content (AvgIpc) is 2.86. The van der Waals surface area contributed by atoms with Crippen molar-refractivity contribution in [2.24, 2.45) is 0 Å². The first-order valence-corrected chi connectivity index (χ1v) is 7.38. The van der Waals surface area contributed by atoms with Crippen molar-refractivity contribution in [1.29, 1.82) is 0 Å². The van der Waals surface area contributed by atoms with Crippen molar-refractivity contribution in [3.63, 3.8) is 0 Å². The lowest BCUT2D eigenvalue weighted by Gasteiger charge is -2.22. The number of H-pyrrole nitrogens is 1. The van der Waals surface area contributed by atoms with Crippen molar-refractivity contribution in [1.82, 2.24) is 15.1 Å². The first-order chi connectivity index (χ1) is 10.1. The van der Waals surface area contributed by atoms with Crippen LogP contribution in [0.1, 0.15) is 18.2 Å². The molecule has 1 aromatic carbocycles. The number of rotatable bonds is 3. The highest BCUT2D eigenvalue weighted by molar-refractivity contribution is 6.32. The molecule has 1 aliphatic rings. The monoisotopic (exact) mass is 307 g/mol. The maximum absolute atomic E-state index is 9.94. The van der Waals surface area contributed by atoms with Gasteiger partial charge in [-0.3, -0.25) is 5.10 Å². The van der Waals surface area contributed by atoms with Gasteiger partial charge in [-0.05, 0) is 26.1 Å². The number of hydrogen-bond donors (Lipinski definition) is 2. The van der Waals surface area contributed by atoms with E-state index in [0.717, 1.165) is 30.8 Å². The summed E-state index contributed by atoms with van der Waals surface area (Å²) in [5.41, 5.74) is 4.09. The minimum absolute atomic E-state index is 0.0243. The molecule has 1 aliphatic heterocycles. The number of nitrogens with one attached hydrogen (secondary N) is 1. The molecular weight excluding hydrogens is 290 g/mol. The third-order valence-corrected chi connectivity index (χ3v) is 4.01. The molecule has 0 saturated heterocycles. The summed E-state index contributed by atoms with van der Waals surface area (Å²) < 4.78 is 5.44. The summed E-state index contributed by atoms with van der Waals surface area (Å²) in [5, 5.41) is 17.7. The lowest BCUT2D eigenvalue weighted by Crippen LogP contribution is -2.26. The van der Waals surface area contributed by atoms with Gasteiger partial charge in [0.2, 0.25) is 0 Å². The van der Waals surface area contributed by atoms with Gasteiger partial charge in [0.05, 0.1) is 17.3 Å². The lowest BCUT2D eigenvalue weighted by molar-refractivity contribution is 0.312. The van der Waals surface area contributed by atoms with Crippen LogP contribution in [0.4, 0.5) is 0 Å². The van der Waals surface area contributed by atoms with Gasteiger partial charge in [0.25, 0.3) is 0 Å². The van der Waals surface area contributed by atoms with Crippen LogP contribution in [-0.2, 0) is 13.0 Å². The number of hydrogen-bond acceptors (Lipinski definition) is 4. The first kappa shape index (κ1) is 14.2. The molecule has 2 N–H and O–H groups in total. The number of likely N-dealkylation sites (N-methyl/N-ethyl adjacent to an activating group) is 1. The second-order valence-electron chi connectivity index (χ2n) is 5.25. The van der Waals surface area contributed by atoms with Crippen LogP contribution < -0.4 is 4.74 Å². The number of aromatic nitrogens is 2. The number of fused-ring (bicyclic) bond motifs is 1. The summed E-state index contributed by atoms with van der Waals surface area (Å²) >= 11 is 6.11. The molecule has 2 heterocycles. The van der Waals surface area contributed by atoms with Crippen LogP contribution in [0.5, 0.6) is 11.5 Å². The third-order valence-electron chi connectivity index (χ3n) is 3.73. The molecule has 1 aromatic heterocycles. The molecule has 5 nitrogen and oxygen atoms in total. The molecule has 0 atom stereocenters. The van der Waals surface area contributed by atoms with Gasteiger partial charge in [0, 0.05) is 36.3 Å². The number of ether oxygens (including phenoxy) is 1. The predicted molar refractivity (Wildman–Crippen MR) is 81.9 cm³/mol. The summed E-state index contributed by atoms with van der Waals surface area (Å²) in [6.07, 6.45) is 0.961. The zero-order valence-corrected chi connectivity index (χ0v) is 12.9. The van der Waals surface area contributed by atoms with E-state index in [-0.39, 0.29) is 10.8 Å². The number of aromatic amines is 1. The van der Waals surface area contributed by atoms with E-state index < -0.39 is 0 Å². The van der Waals surface area contributed by atoms with Crippen LogP contribution in [0, 0.1) is 0 Å². The largest absolute Gasteiger partial charge is 0.503 e. The number of phenolic OH excluding ortho intramolecular Hbond substituents is 1. The predicted octanol–water partition coefficient (Wildman–Crippen LogP) is 2.82. The van der Waals surface area contributed by atoms with Crippen molar-refractivity contribution < 1.29 is 9.84 Å². The van der Waals surface area contributed by atoms with E-state index in [4.69, 9.17) is 16.3 Å². The lowest BCUT2D eigenvalue weighted by atomic mass is 10.0. The molecule has 0 bridgehead atoms. The van der Waals surface area contributed by atoms with Crippen LogP contribution in [0.3, 0.4) is 0 Å². The molecule has 0 radical (unpaired) electrons. The van der Waals surface area contributed by atoms with Crippen LogP contribution in [0.2, 0.25) is 5.02 Å². The molecule has 0 spiro atoms. The summed E-state index contributed by atoms with van der Waals surface area (Å²) in [5.74, 6) is 0.365. The van der Waals surface area contributed by atoms with E-state index in [1.807, 2.05) is 6.92 Å². The fraction of sp³-hybridized carbons (Fsp3) is 0.400. The molecule has 0 fully saturated rings. The van der Waals surface area contributed by atoms with Gasteiger partial charge in [-0.2, -0.15) is 5.10 Å². The first-order valence-electron chi connectivity index (χ1n) is 7.00. The second-order valence-corrected chi connectivity index (χ2v) is 5.66. The highest BCUT2D eigenvalue weighted by Crippen LogP contribution is 2.39. The number of halogens is 1. The smallest absolute Gasteiger partial charge is 0.176 e. The molecule has 0 amide bonds. The Morgan fingerprint density at radius 2 is 2.29 bits per heavy atom. The van der Waals surface area contributed by atoms with Crippen LogP contribution in [-0.4, -0.2) is 40.4 Å². The average molecular weight is 308 g/mol. The standard InChI is InChI=1S/C15H18ClN3O2/c1-3-21-13-7-9(6-11(16)15(13)20)14-10-8-19(2)5-4-12(10)17-18-14/h6-7,20H,3-5,8H2,1-2H3,(H,17,18). The SMILES string of the molecule is CCOc1cc(-c2n[nH]c3c2CN(C)CC3)cc(Cl)c1O. The Labute approximate surface area is 128 Å². The van der Waals surface area contributed by atoms with Gasteiger partial charge in [-0.25, -0.2) is 0 Å². The Hall–Kier alpha value is -1.72. The Kier molecular flexibility index (Phi) is 3.78. The van der Waals surface area contributed by atoms with Crippen molar-refractivity contribution in [3.8, 4) is 22.8 Å². The van der Waals surface area contributed by atoms with Gasteiger partial charge in [0.15, 0.2) is 11.5 Å². The molecule has 0 saturated carbocycles. The summed E-state index contributed by atoms with van der Waals surface area (Å²) in [6, 6.07) is 3.51. The Balaban J connectivity index is 2.07. The summed E-state index contributed by atoms with van der Waals surface area (Å²) in [6.45, 7) is 4.21. The van der Waals surface area contributed by atoms with Crippen LogP contribution in [0.25, 0.3) is 11.3 Å². The molecule has 3 rings (SSSR count). The number of aromatic hydroxyl groups is 1. The van der Waals surface area contributed by atoms with E-state index >= 15 is 0 Å². The maximum atomic E-state index is 9.94. The van der Waals surface area contributed by atoms with Crippen LogP contribution in [0.15, 0.2) is 12.1 Å². The van der Waals surface area contributed by atoms with E-state index in [2.05, 4.69) is 22.1 Å². The summed E-state index contributed by atoms with van der Waals surface area (Å²) in [7, 11) is 2.09.